The average molecular weight is 434 g/mol. The van der Waals surface area contributed by atoms with Crippen molar-refractivity contribution in [2.24, 2.45) is 0 Å². The fourth-order valence-corrected chi connectivity index (χ4v) is 2.71. The van der Waals surface area contributed by atoms with Gasteiger partial charge in [-0.05, 0) is 59.3 Å². The van der Waals surface area contributed by atoms with Crippen molar-refractivity contribution in [3.05, 3.63) is 46.4 Å². The molecule has 0 unspecified atom stereocenters. The number of amides is 1. The minimum Gasteiger partial charge on any atom is -0.492 e. The van der Waals surface area contributed by atoms with Gasteiger partial charge >= 0.3 is 6.36 Å². The summed E-state index contributed by atoms with van der Waals surface area (Å²) in [6, 6.07) is 7.90. The molecule has 0 heterocycles. The van der Waals surface area contributed by atoms with E-state index in [0.29, 0.717) is 28.3 Å². The Morgan fingerprint density at radius 3 is 2.38 bits per heavy atom. The summed E-state index contributed by atoms with van der Waals surface area (Å²) in [4.78, 5) is 12.4. The van der Waals surface area contributed by atoms with Crippen molar-refractivity contribution in [1.82, 2.24) is 0 Å². The van der Waals surface area contributed by atoms with E-state index >= 15 is 0 Å². The molecule has 9 heteroatoms. The highest BCUT2D eigenvalue weighted by Crippen LogP contribution is 2.36. The van der Waals surface area contributed by atoms with Crippen LogP contribution >= 0.6 is 15.9 Å². The molecule has 0 aliphatic heterocycles. The number of benzene rings is 2. The highest BCUT2D eigenvalue weighted by Gasteiger charge is 2.31. The van der Waals surface area contributed by atoms with Gasteiger partial charge in [0.15, 0.2) is 11.5 Å². The fraction of sp³-hybridized carbons (Fsp3) is 0.235. The summed E-state index contributed by atoms with van der Waals surface area (Å²) in [5.74, 6) is 0.0145. The Hall–Kier alpha value is -2.42. The zero-order valence-corrected chi connectivity index (χ0v) is 15.4. The van der Waals surface area contributed by atoms with Crippen LogP contribution in [-0.4, -0.2) is 26.0 Å². The first-order valence-electron chi connectivity index (χ1n) is 7.41. The molecule has 0 radical (unpaired) electrons. The lowest BCUT2D eigenvalue weighted by Gasteiger charge is -2.13. The summed E-state index contributed by atoms with van der Waals surface area (Å²) < 4.78 is 51.5. The fourth-order valence-electron chi connectivity index (χ4n) is 2.10. The molecule has 2 rings (SSSR count). The van der Waals surface area contributed by atoms with Crippen molar-refractivity contribution in [3.8, 4) is 17.2 Å². The number of nitrogens with one attached hydrogen (secondary N) is 1. The van der Waals surface area contributed by atoms with Crippen molar-refractivity contribution in [2.45, 2.75) is 13.3 Å². The van der Waals surface area contributed by atoms with Gasteiger partial charge in [0.1, 0.15) is 5.75 Å². The molecule has 0 spiro atoms. The highest BCUT2D eigenvalue weighted by molar-refractivity contribution is 9.10. The molecule has 1 amide bonds. The van der Waals surface area contributed by atoms with Crippen molar-refractivity contribution in [3.63, 3.8) is 0 Å². The molecule has 1 N–H and O–H groups in total. The van der Waals surface area contributed by atoms with Gasteiger partial charge < -0.3 is 19.5 Å². The lowest BCUT2D eigenvalue weighted by molar-refractivity contribution is -0.274. The predicted octanol–water partition coefficient (Wildman–Crippen LogP) is 5.01. The Bertz CT molecular complexity index is 779. The number of alkyl halides is 3. The van der Waals surface area contributed by atoms with Crippen LogP contribution in [0.3, 0.4) is 0 Å². The van der Waals surface area contributed by atoms with Crippen LogP contribution in [0.1, 0.15) is 17.3 Å². The molecule has 140 valence electrons. The Balaban J connectivity index is 2.17. The van der Waals surface area contributed by atoms with E-state index in [9.17, 15) is 18.0 Å². The molecule has 26 heavy (non-hydrogen) atoms. The third-order valence-electron chi connectivity index (χ3n) is 3.12. The zero-order valence-electron chi connectivity index (χ0n) is 13.8. The summed E-state index contributed by atoms with van der Waals surface area (Å²) in [7, 11) is 1.48. The Kier molecular flexibility index (Phi) is 6.36. The van der Waals surface area contributed by atoms with Gasteiger partial charge in [0, 0.05) is 11.3 Å². The quantitative estimate of drug-likeness (QED) is 0.695. The number of hydrogen-bond acceptors (Lipinski definition) is 4. The molecule has 2 aromatic rings. The minimum absolute atomic E-state index is 0.289. The standard InChI is InChI=1S/C17H15BrF3NO4/c1-3-25-14-9-10(8-13(18)15(14)24-2)16(23)22-11-4-6-12(7-5-11)26-17(19,20)21/h4-9H,3H2,1-2H3,(H,22,23). The lowest BCUT2D eigenvalue weighted by atomic mass is 10.1. The molecule has 0 saturated carbocycles. The second kappa shape index (κ2) is 8.31. The normalized spacial score (nSPS) is 11.0. The van der Waals surface area contributed by atoms with Gasteiger partial charge in [0.05, 0.1) is 18.2 Å². The molecular weight excluding hydrogens is 419 g/mol. The molecule has 0 aromatic heterocycles. The zero-order chi connectivity index (χ0) is 19.3. The highest BCUT2D eigenvalue weighted by atomic mass is 79.9. The van der Waals surface area contributed by atoms with E-state index in [1.807, 2.05) is 0 Å². The van der Waals surface area contributed by atoms with E-state index in [4.69, 9.17) is 9.47 Å². The number of methoxy groups -OCH3 is 1. The van der Waals surface area contributed by atoms with Crippen LogP contribution < -0.4 is 19.5 Å². The van der Waals surface area contributed by atoms with Crippen molar-refractivity contribution < 1.29 is 32.2 Å². The number of anilines is 1. The number of ether oxygens (including phenoxy) is 3. The van der Waals surface area contributed by atoms with Crippen LogP contribution in [0.25, 0.3) is 0 Å². The number of carbonyl (C=O) groups excluding carboxylic acids is 1. The maximum Gasteiger partial charge on any atom is 0.573 e. The smallest absolute Gasteiger partial charge is 0.492 e. The SMILES string of the molecule is CCOc1cc(C(=O)Nc2ccc(OC(F)(F)F)cc2)cc(Br)c1OC. The number of halogens is 4. The predicted molar refractivity (Wildman–Crippen MR) is 92.9 cm³/mol. The van der Waals surface area contributed by atoms with Gasteiger partial charge in [-0.3, -0.25) is 4.79 Å². The van der Waals surface area contributed by atoms with Crippen LogP contribution in [0, 0.1) is 0 Å². The van der Waals surface area contributed by atoms with Gasteiger partial charge in [0.25, 0.3) is 5.91 Å². The first kappa shape index (κ1) is 19.9. The first-order valence-corrected chi connectivity index (χ1v) is 8.20. The van der Waals surface area contributed by atoms with E-state index in [-0.39, 0.29) is 11.3 Å². The molecule has 0 aliphatic rings. The first-order chi connectivity index (χ1) is 12.2. The van der Waals surface area contributed by atoms with E-state index < -0.39 is 12.3 Å². The monoisotopic (exact) mass is 433 g/mol. The van der Waals surface area contributed by atoms with Crippen molar-refractivity contribution >= 4 is 27.5 Å². The third kappa shape index (κ3) is 5.29. The number of carbonyl (C=O) groups is 1. The summed E-state index contributed by atoms with van der Waals surface area (Å²) in [6.45, 7) is 2.18. The molecule has 0 saturated heterocycles. The lowest BCUT2D eigenvalue weighted by Crippen LogP contribution is -2.17. The Morgan fingerprint density at radius 1 is 1.19 bits per heavy atom. The summed E-state index contributed by atoms with van der Waals surface area (Å²) in [5, 5.41) is 2.59. The second-order valence-electron chi connectivity index (χ2n) is 4.95. The van der Waals surface area contributed by atoms with Crippen LogP contribution in [0.5, 0.6) is 17.2 Å². The maximum absolute atomic E-state index is 12.4. The van der Waals surface area contributed by atoms with Gasteiger partial charge in [0.2, 0.25) is 0 Å². The van der Waals surface area contributed by atoms with Crippen LogP contribution in [0.4, 0.5) is 18.9 Å². The largest absolute Gasteiger partial charge is 0.573 e. The third-order valence-corrected chi connectivity index (χ3v) is 3.71. The van der Waals surface area contributed by atoms with Gasteiger partial charge in [-0.1, -0.05) is 0 Å². The molecule has 0 bridgehead atoms. The van der Waals surface area contributed by atoms with Crippen LogP contribution in [0.2, 0.25) is 0 Å². The number of rotatable bonds is 6. The summed E-state index contributed by atoms with van der Waals surface area (Å²) in [5.41, 5.74) is 0.603. The molecule has 0 aliphatic carbocycles. The van der Waals surface area contributed by atoms with Crippen molar-refractivity contribution in [2.75, 3.05) is 19.0 Å². The van der Waals surface area contributed by atoms with E-state index in [2.05, 4.69) is 26.0 Å². The van der Waals surface area contributed by atoms with Crippen LogP contribution in [0.15, 0.2) is 40.9 Å². The molecule has 5 nitrogen and oxygen atoms in total. The van der Waals surface area contributed by atoms with Crippen LogP contribution in [-0.2, 0) is 0 Å². The van der Waals surface area contributed by atoms with Crippen molar-refractivity contribution in [1.29, 1.82) is 0 Å². The van der Waals surface area contributed by atoms with E-state index in [0.717, 1.165) is 12.1 Å². The second-order valence-corrected chi connectivity index (χ2v) is 5.80. The molecule has 0 fully saturated rings. The van der Waals surface area contributed by atoms with Gasteiger partial charge in [-0.25, -0.2) is 0 Å². The van der Waals surface area contributed by atoms with E-state index in [1.54, 1.807) is 13.0 Å². The minimum atomic E-state index is -4.77. The molecule has 2 aromatic carbocycles. The average Bonchev–Trinajstić information content (AvgIpc) is 2.55. The maximum atomic E-state index is 12.4. The Labute approximate surface area is 156 Å². The van der Waals surface area contributed by atoms with E-state index in [1.165, 1.54) is 25.3 Å². The summed E-state index contributed by atoms with van der Waals surface area (Å²) in [6.07, 6.45) is -4.77. The topological polar surface area (TPSA) is 56.8 Å². The summed E-state index contributed by atoms with van der Waals surface area (Å²) >= 11 is 3.31. The van der Waals surface area contributed by atoms with Gasteiger partial charge in [-0.2, -0.15) is 0 Å². The Morgan fingerprint density at radius 2 is 1.85 bits per heavy atom. The van der Waals surface area contributed by atoms with Gasteiger partial charge in [-0.15, -0.1) is 13.2 Å². The number of hydrogen-bond donors (Lipinski definition) is 1. The molecule has 0 atom stereocenters. The molecular formula is C17H15BrF3NO4.